The Hall–Kier alpha value is -1.52. The number of amides is 1. The standard InChI is InChI=1S/C15H14Cl2N2O2/c1-9-4-5-10-11(16)8-12(17)14(13(10)18-9)21-15(20)19-6-2-3-7-19/h4-5,8H,2-3,6-7H2,1H3. The number of nitrogens with zero attached hydrogens (tertiary/aromatic N) is 2. The van der Waals surface area contributed by atoms with Crippen LogP contribution in [0.15, 0.2) is 18.2 Å². The van der Waals surface area contributed by atoms with E-state index in [1.54, 1.807) is 11.0 Å². The van der Waals surface area contributed by atoms with Crippen molar-refractivity contribution in [3.05, 3.63) is 33.9 Å². The van der Waals surface area contributed by atoms with Gasteiger partial charge in [-0.05, 0) is 38.0 Å². The van der Waals surface area contributed by atoms with Crippen molar-refractivity contribution in [2.45, 2.75) is 19.8 Å². The van der Waals surface area contributed by atoms with E-state index in [1.807, 2.05) is 19.1 Å². The molecule has 1 fully saturated rings. The Morgan fingerprint density at radius 2 is 1.95 bits per heavy atom. The summed E-state index contributed by atoms with van der Waals surface area (Å²) >= 11 is 12.4. The van der Waals surface area contributed by atoms with Crippen molar-refractivity contribution in [2.24, 2.45) is 0 Å². The third-order valence-corrected chi connectivity index (χ3v) is 4.12. The van der Waals surface area contributed by atoms with E-state index < -0.39 is 0 Å². The molecular weight excluding hydrogens is 311 g/mol. The Bertz CT molecular complexity index is 712. The molecule has 2 aromatic rings. The zero-order valence-corrected chi connectivity index (χ0v) is 13.0. The van der Waals surface area contributed by atoms with Crippen LogP contribution < -0.4 is 4.74 Å². The normalized spacial score (nSPS) is 14.7. The number of carbonyl (C=O) groups is 1. The second-order valence-corrected chi connectivity index (χ2v) is 5.89. The van der Waals surface area contributed by atoms with Crippen LogP contribution in [0.2, 0.25) is 10.0 Å². The first-order chi connectivity index (χ1) is 10.1. The van der Waals surface area contributed by atoms with Crippen LogP contribution in [0.1, 0.15) is 18.5 Å². The third kappa shape index (κ3) is 2.78. The monoisotopic (exact) mass is 324 g/mol. The van der Waals surface area contributed by atoms with Crippen LogP contribution in [0.25, 0.3) is 10.9 Å². The van der Waals surface area contributed by atoms with Gasteiger partial charge in [0, 0.05) is 24.2 Å². The quantitative estimate of drug-likeness (QED) is 0.778. The van der Waals surface area contributed by atoms with Crippen molar-refractivity contribution in [3.8, 4) is 5.75 Å². The van der Waals surface area contributed by atoms with Gasteiger partial charge in [0.15, 0.2) is 5.75 Å². The van der Waals surface area contributed by atoms with E-state index in [0.717, 1.165) is 23.9 Å². The number of likely N-dealkylation sites (tertiary alicyclic amines) is 1. The molecule has 21 heavy (non-hydrogen) atoms. The minimum Gasteiger partial charge on any atom is -0.406 e. The Labute approximate surface area is 132 Å². The summed E-state index contributed by atoms with van der Waals surface area (Å²) in [7, 11) is 0. The molecule has 0 spiro atoms. The van der Waals surface area contributed by atoms with E-state index in [9.17, 15) is 4.79 Å². The van der Waals surface area contributed by atoms with Crippen molar-refractivity contribution in [2.75, 3.05) is 13.1 Å². The summed E-state index contributed by atoms with van der Waals surface area (Å²) in [4.78, 5) is 18.3. The summed E-state index contributed by atoms with van der Waals surface area (Å²) in [5, 5.41) is 1.50. The van der Waals surface area contributed by atoms with Gasteiger partial charge >= 0.3 is 6.09 Å². The number of fused-ring (bicyclic) bond motifs is 1. The van der Waals surface area contributed by atoms with E-state index in [-0.39, 0.29) is 16.9 Å². The van der Waals surface area contributed by atoms with Crippen LogP contribution in [0.3, 0.4) is 0 Å². The second-order valence-electron chi connectivity index (χ2n) is 5.08. The second kappa shape index (κ2) is 5.70. The van der Waals surface area contributed by atoms with Gasteiger partial charge < -0.3 is 9.64 Å². The molecule has 3 rings (SSSR count). The Morgan fingerprint density at radius 3 is 2.67 bits per heavy atom. The molecule has 2 heterocycles. The van der Waals surface area contributed by atoms with Gasteiger partial charge in [-0.25, -0.2) is 9.78 Å². The number of benzene rings is 1. The molecule has 4 nitrogen and oxygen atoms in total. The van der Waals surface area contributed by atoms with Crippen LogP contribution in [-0.4, -0.2) is 29.1 Å². The van der Waals surface area contributed by atoms with Gasteiger partial charge in [0.1, 0.15) is 5.52 Å². The van der Waals surface area contributed by atoms with Gasteiger partial charge in [-0.3, -0.25) is 0 Å². The number of aryl methyl sites for hydroxylation is 1. The molecule has 0 N–H and O–H groups in total. The van der Waals surface area contributed by atoms with Gasteiger partial charge in [0.25, 0.3) is 0 Å². The molecule has 6 heteroatoms. The highest BCUT2D eigenvalue weighted by Crippen LogP contribution is 2.37. The molecule has 1 aromatic heterocycles. The summed E-state index contributed by atoms with van der Waals surface area (Å²) in [6.07, 6.45) is 1.62. The molecule has 1 amide bonds. The smallest absolute Gasteiger partial charge is 0.406 e. The maximum absolute atomic E-state index is 12.2. The molecule has 0 radical (unpaired) electrons. The lowest BCUT2D eigenvalue weighted by molar-refractivity contribution is 0.163. The lowest BCUT2D eigenvalue weighted by atomic mass is 10.2. The van der Waals surface area contributed by atoms with E-state index in [0.29, 0.717) is 23.6 Å². The summed E-state index contributed by atoms with van der Waals surface area (Å²) in [5.41, 5.74) is 1.32. The molecule has 0 bridgehead atoms. The largest absolute Gasteiger partial charge is 0.415 e. The Morgan fingerprint density at radius 1 is 1.24 bits per heavy atom. The maximum atomic E-state index is 12.2. The number of rotatable bonds is 1. The van der Waals surface area contributed by atoms with Crippen LogP contribution in [0, 0.1) is 6.92 Å². The fraction of sp³-hybridized carbons (Fsp3) is 0.333. The maximum Gasteiger partial charge on any atom is 0.415 e. The fourth-order valence-electron chi connectivity index (χ4n) is 2.44. The first-order valence-corrected chi connectivity index (χ1v) is 7.54. The molecule has 1 saturated heterocycles. The lowest BCUT2D eigenvalue weighted by Crippen LogP contribution is -2.30. The van der Waals surface area contributed by atoms with Crippen molar-refractivity contribution in [3.63, 3.8) is 0 Å². The van der Waals surface area contributed by atoms with Crippen molar-refractivity contribution >= 4 is 40.2 Å². The van der Waals surface area contributed by atoms with Gasteiger partial charge in [0.2, 0.25) is 0 Å². The number of hydrogen-bond acceptors (Lipinski definition) is 3. The van der Waals surface area contributed by atoms with Crippen LogP contribution in [0.4, 0.5) is 4.79 Å². The summed E-state index contributed by atoms with van der Waals surface area (Å²) < 4.78 is 5.49. The highest BCUT2D eigenvalue weighted by Gasteiger charge is 2.23. The fourth-order valence-corrected chi connectivity index (χ4v) is 2.99. The SMILES string of the molecule is Cc1ccc2c(Cl)cc(Cl)c(OC(=O)N3CCCC3)c2n1. The van der Waals surface area contributed by atoms with E-state index in [1.165, 1.54) is 0 Å². The van der Waals surface area contributed by atoms with Crippen LogP contribution >= 0.6 is 23.2 Å². The molecule has 0 unspecified atom stereocenters. The Kier molecular flexibility index (Phi) is 3.91. The van der Waals surface area contributed by atoms with Crippen molar-refractivity contribution in [1.82, 2.24) is 9.88 Å². The first kappa shape index (κ1) is 14.4. The van der Waals surface area contributed by atoms with Crippen LogP contribution in [-0.2, 0) is 0 Å². The predicted octanol–water partition coefficient (Wildman–Crippen LogP) is 4.44. The molecule has 0 aliphatic carbocycles. The number of hydrogen-bond donors (Lipinski definition) is 0. The van der Waals surface area contributed by atoms with Gasteiger partial charge in [0.05, 0.1) is 10.0 Å². The highest BCUT2D eigenvalue weighted by atomic mass is 35.5. The number of ether oxygens (including phenoxy) is 1. The summed E-state index contributed by atoms with van der Waals surface area (Å²) in [6, 6.07) is 5.28. The van der Waals surface area contributed by atoms with Gasteiger partial charge in [-0.15, -0.1) is 0 Å². The zero-order valence-electron chi connectivity index (χ0n) is 11.5. The number of aromatic nitrogens is 1. The summed E-state index contributed by atoms with van der Waals surface area (Å²) in [5.74, 6) is 0.275. The molecule has 0 saturated carbocycles. The highest BCUT2D eigenvalue weighted by molar-refractivity contribution is 6.39. The molecular formula is C15H14Cl2N2O2. The van der Waals surface area contributed by atoms with Gasteiger partial charge in [-0.2, -0.15) is 0 Å². The van der Waals surface area contributed by atoms with E-state index >= 15 is 0 Å². The van der Waals surface area contributed by atoms with Gasteiger partial charge in [-0.1, -0.05) is 23.2 Å². The summed E-state index contributed by atoms with van der Waals surface area (Å²) in [6.45, 7) is 3.29. The molecule has 1 aromatic carbocycles. The topological polar surface area (TPSA) is 42.4 Å². The molecule has 1 aliphatic rings. The lowest BCUT2D eigenvalue weighted by Gasteiger charge is -2.16. The van der Waals surface area contributed by atoms with Crippen molar-refractivity contribution in [1.29, 1.82) is 0 Å². The number of halogens is 2. The molecule has 110 valence electrons. The first-order valence-electron chi connectivity index (χ1n) is 6.78. The molecule has 0 atom stereocenters. The zero-order chi connectivity index (χ0) is 15.0. The number of pyridine rings is 1. The van der Waals surface area contributed by atoms with E-state index in [4.69, 9.17) is 27.9 Å². The van der Waals surface area contributed by atoms with E-state index in [2.05, 4.69) is 4.98 Å². The molecule has 1 aliphatic heterocycles. The third-order valence-electron chi connectivity index (χ3n) is 3.53. The average Bonchev–Trinajstić information content (AvgIpc) is 2.97. The Balaban J connectivity index is 2.04. The number of carbonyl (C=O) groups excluding carboxylic acids is 1. The minimum atomic E-state index is -0.388. The van der Waals surface area contributed by atoms with Crippen LogP contribution in [0.5, 0.6) is 5.75 Å². The van der Waals surface area contributed by atoms with Crippen molar-refractivity contribution < 1.29 is 9.53 Å². The predicted molar refractivity (Wildman–Crippen MR) is 83.3 cm³/mol. The average molecular weight is 325 g/mol. The minimum absolute atomic E-state index is 0.275.